The van der Waals surface area contributed by atoms with Crippen LogP contribution < -0.4 is 15.2 Å². The number of anilines is 1. The lowest BCUT2D eigenvalue weighted by Gasteiger charge is -2.17. The molecule has 0 unspecified atom stereocenters. The molecule has 0 fully saturated rings. The number of carbonyl (C=O) groups is 1. The van der Waals surface area contributed by atoms with Crippen molar-refractivity contribution in [3.05, 3.63) is 47.9 Å². The second-order valence-electron chi connectivity index (χ2n) is 4.68. The van der Waals surface area contributed by atoms with E-state index in [2.05, 4.69) is 5.32 Å². The maximum Gasteiger partial charge on any atom is 0.335 e. The van der Waals surface area contributed by atoms with Crippen LogP contribution >= 0.6 is 0 Å². The van der Waals surface area contributed by atoms with Crippen LogP contribution in [0.2, 0.25) is 0 Å². The van der Waals surface area contributed by atoms with Crippen molar-refractivity contribution in [2.24, 2.45) is 5.14 Å². The Morgan fingerprint density at radius 1 is 1.33 bits per heavy atom. The number of carboxylic acid groups (broad SMARTS) is 1. The number of nitrogens with two attached hydrogens (primary N) is 1. The zero-order valence-corrected chi connectivity index (χ0v) is 13.5. The van der Waals surface area contributed by atoms with Gasteiger partial charge in [-0.3, -0.25) is 0 Å². The summed E-state index contributed by atoms with van der Waals surface area (Å²) in [6.07, 6.45) is 0.593. The van der Waals surface area contributed by atoms with Gasteiger partial charge in [-0.1, -0.05) is 25.1 Å². The number of aromatic carboxylic acids is 1. The van der Waals surface area contributed by atoms with E-state index in [1.807, 2.05) is 6.92 Å². The first kappa shape index (κ1) is 11.9. The van der Waals surface area contributed by atoms with Crippen LogP contribution in [0.3, 0.4) is 0 Å². The van der Waals surface area contributed by atoms with Crippen LogP contribution in [0.1, 0.15) is 30.6 Å². The van der Waals surface area contributed by atoms with E-state index in [0.29, 0.717) is 13.0 Å². The van der Waals surface area contributed by atoms with Crippen LogP contribution in [0, 0.1) is 0 Å². The van der Waals surface area contributed by atoms with Crippen molar-refractivity contribution in [1.82, 2.24) is 0 Å². The average molecular weight is 355 g/mol. The quantitative estimate of drug-likeness (QED) is 0.702. The molecule has 0 aromatic heterocycles. The molecule has 0 aliphatic rings. The summed E-state index contributed by atoms with van der Waals surface area (Å²) in [7, 11) is -4.49. The molecule has 128 valence electrons. The second-order valence-corrected chi connectivity index (χ2v) is 6.21. The number of hydrogen-bond donors (Lipinski definition) is 3. The lowest BCUT2D eigenvalue weighted by atomic mass is 10.1. The SMILES string of the molecule is [2H]c1c([2H])c([2H])c(Oc2c(NCCC)cc(C(=O)O)cc2S(N)(=O)=O)c([2H])c1[2H]. The number of ether oxygens (including phenoxy) is 1. The molecule has 0 saturated carbocycles. The summed E-state index contributed by atoms with van der Waals surface area (Å²) in [5, 5.41) is 17.3. The van der Waals surface area contributed by atoms with Crippen molar-refractivity contribution < 1.29 is 29.9 Å². The third-order valence-corrected chi connectivity index (χ3v) is 3.77. The summed E-state index contributed by atoms with van der Waals surface area (Å²) >= 11 is 0. The highest BCUT2D eigenvalue weighted by atomic mass is 32.2. The molecule has 0 atom stereocenters. The normalized spacial score (nSPS) is 14.0. The van der Waals surface area contributed by atoms with Gasteiger partial charge in [-0.15, -0.1) is 0 Å². The van der Waals surface area contributed by atoms with E-state index in [1.165, 1.54) is 0 Å². The molecule has 0 saturated heterocycles. The zero-order chi connectivity index (χ0) is 22.1. The van der Waals surface area contributed by atoms with Gasteiger partial charge in [-0.2, -0.15) is 0 Å². The molecule has 24 heavy (non-hydrogen) atoms. The fourth-order valence-electron chi connectivity index (χ4n) is 1.82. The van der Waals surface area contributed by atoms with Gasteiger partial charge in [0, 0.05) is 6.54 Å². The van der Waals surface area contributed by atoms with E-state index < -0.39 is 62.6 Å². The molecule has 2 rings (SSSR count). The Kier molecular flexibility index (Phi) is 3.63. The van der Waals surface area contributed by atoms with Gasteiger partial charge in [0.25, 0.3) is 0 Å². The minimum atomic E-state index is -4.49. The minimum absolute atomic E-state index is 0.0670. The Bertz CT molecular complexity index is 1060. The maximum absolute atomic E-state index is 12.1. The molecule has 0 spiro atoms. The molecule has 0 heterocycles. The van der Waals surface area contributed by atoms with Crippen LogP contribution in [0.5, 0.6) is 11.5 Å². The number of para-hydroxylation sites is 1. The predicted octanol–water partition coefficient (Wildman–Crippen LogP) is 2.65. The molecule has 4 N–H and O–H groups in total. The van der Waals surface area contributed by atoms with Gasteiger partial charge in [-0.05, 0) is 30.6 Å². The lowest BCUT2D eigenvalue weighted by Crippen LogP contribution is -2.16. The number of rotatable bonds is 7. The minimum Gasteiger partial charge on any atom is -0.478 e. The number of benzene rings is 2. The molecule has 2 aromatic carbocycles. The van der Waals surface area contributed by atoms with Gasteiger partial charge in [0.2, 0.25) is 10.0 Å². The monoisotopic (exact) mass is 355 g/mol. The van der Waals surface area contributed by atoms with Crippen molar-refractivity contribution in [3.8, 4) is 11.5 Å². The van der Waals surface area contributed by atoms with Crippen molar-refractivity contribution in [2.75, 3.05) is 11.9 Å². The molecule has 0 radical (unpaired) electrons. The first-order valence-electron chi connectivity index (χ1n) is 9.32. The highest BCUT2D eigenvalue weighted by molar-refractivity contribution is 7.89. The number of primary sulfonamides is 1. The zero-order valence-electron chi connectivity index (χ0n) is 17.6. The van der Waals surface area contributed by atoms with Crippen LogP contribution in [0.4, 0.5) is 5.69 Å². The van der Waals surface area contributed by atoms with Gasteiger partial charge < -0.3 is 15.2 Å². The fourth-order valence-corrected chi connectivity index (χ4v) is 2.53. The van der Waals surface area contributed by atoms with Gasteiger partial charge in [0.1, 0.15) is 10.6 Å². The molecule has 8 heteroatoms. The number of carboxylic acids is 1. The number of nitrogens with one attached hydrogen (secondary N) is 1. The average Bonchev–Trinajstić information content (AvgIpc) is 2.65. The third kappa shape index (κ3) is 4.24. The van der Waals surface area contributed by atoms with Gasteiger partial charge in [0.05, 0.1) is 18.1 Å². The van der Waals surface area contributed by atoms with Crippen LogP contribution in [0.15, 0.2) is 47.2 Å². The molecule has 0 aliphatic heterocycles. The highest BCUT2D eigenvalue weighted by Crippen LogP contribution is 2.37. The first-order valence-corrected chi connectivity index (χ1v) is 8.37. The Balaban J connectivity index is 2.83. The molecular weight excluding hydrogens is 332 g/mol. The van der Waals surface area contributed by atoms with Gasteiger partial charge in [0.15, 0.2) is 5.75 Å². The molecular formula is C16H18N2O5S. The highest BCUT2D eigenvalue weighted by Gasteiger charge is 2.23. The first-order chi connectivity index (χ1) is 13.4. The van der Waals surface area contributed by atoms with Crippen molar-refractivity contribution in [1.29, 1.82) is 0 Å². The second kappa shape index (κ2) is 7.33. The smallest absolute Gasteiger partial charge is 0.335 e. The van der Waals surface area contributed by atoms with Gasteiger partial charge in [-0.25, -0.2) is 18.4 Å². The van der Waals surface area contributed by atoms with E-state index in [-0.39, 0.29) is 11.3 Å². The Morgan fingerprint density at radius 3 is 2.54 bits per heavy atom. The lowest BCUT2D eigenvalue weighted by molar-refractivity contribution is 0.0696. The Labute approximate surface area is 147 Å². The third-order valence-electron chi connectivity index (χ3n) is 2.85. The topological polar surface area (TPSA) is 119 Å². The summed E-state index contributed by atoms with van der Waals surface area (Å²) in [4.78, 5) is 10.7. The summed E-state index contributed by atoms with van der Waals surface area (Å²) in [5.41, 5.74) is -0.455. The molecule has 0 bridgehead atoms. The molecule has 0 aliphatic carbocycles. The number of hydrogen-bond acceptors (Lipinski definition) is 5. The fraction of sp³-hybridized carbons (Fsp3) is 0.188. The summed E-state index contributed by atoms with van der Waals surface area (Å²) < 4.78 is 68.5. The molecule has 2 aromatic rings. The van der Waals surface area contributed by atoms with E-state index >= 15 is 0 Å². The molecule has 7 nitrogen and oxygen atoms in total. The van der Waals surface area contributed by atoms with Crippen molar-refractivity contribution in [3.63, 3.8) is 0 Å². The van der Waals surface area contributed by atoms with Crippen LogP contribution in [-0.2, 0) is 10.0 Å². The Hall–Kier alpha value is -2.58. The van der Waals surface area contributed by atoms with Crippen molar-refractivity contribution in [2.45, 2.75) is 18.2 Å². The Morgan fingerprint density at radius 2 is 2.00 bits per heavy atom. The maximum atomic E-state index is 12.1. The van der Waals surface area contributed by atoms with E-state index in [1.54, 1.807) is 0 Å². The van der Waals surface area contributed by atoms with E-state index in [4.69, 9.17) is 16.7 Å². The summed E-state index contributed by atoms with van der Waals surface area (Å²) in [6, 6.07) is -1.51. The standard InChI is InChI=1S/C16H18N2O5S/c1-2-8-18-13-9-11(16(19)20)10-14(24(17,21)22)15(13)23-12-6-4-3-5-7-12/h3-7,9-10,18H,2,8H2,1H3,(H,19,20)(H2,17,21,22)/i3D,4D,5D,6D,7D. The van der Waals surface area contributed by atoms with E-state index in [9.17, 15) is 18.3 Å². The van der Waals surface area contributed by atoms with Gasteiger partial charge >= 0.3 is 5.97 Å². The van der Waals surface area contributed by atoms with Crippen LogP contribution in [-0.4, -0.2) is 26.0 Å². The number of sulfonamides is 1. The predicted molar refractivity (Wildman–Crippen MR) is 90.1 cm³/mol. The van der Waals surface area contributed by atoms with Crippen molar-refractivity contribution >= 4 is 21.7 Å². The van der Waals surface area contributed by atoms with E-state index in [0.717, 1.165) is 12.1 Å². The summed E-state index contributed by atoms with van der Waals surface area (Å²) in [6.45, 7) is 2.12. The summed E-state index contributed by atoms with van der Waals surface area (Å²) in [5.74, 6) is -2.50. The van der Waals surface area contributed by atoms with Crippen LogP contribution in [0.25, 0.3) is 0 Å². The largest absolute Gasteiger partial charge is 0.478 e. The molecule has 0 amide bonds.